The number of benzene rings is 3. The van der Waals surface area contributed by atoms with Crippen molar-refractivity contribution < 1.29 is 28.1 Å². The van der Waals surface area contributed by atoms with E-state index >= 15 is 0 Å². The molecule has 3 aliphatic rings. The number of para-hydroxylation sites is 1. The molecule has 3 aromatic carbocycles. The van der Waals surface area contributed by atoms with Crippen molar-refractivity contribution in [1.29, 1.82) is 0 Å². The molecule has 0 aromatic heterocycles. The van der Waals surface area contributed by atoms with Crippen LogP contribution >= 0.6 is 0 Å². The summed E-state index contributed by atoms with van der Waals surface area (Å²) in [7, 11) is 0. The van der Waals surface area contributed by atoms with E-state index in [0.717, 1.165) is 28.6 Å². The Labute approximate surface area is 183 Å². The third-order valence-electron chi connectivity index (χ3n) is 6.53. The first-order valence-corrected chi connectivity index (χ1v) is 10.6. The van der Waals surface area contributed by atoms with Crippen LogP contribution in [0.5, 0.6) is 17.2 Å². The molecular weight excluding hydrogens is 416 g/mol. The largest absolute Gasteiger partial charge is 0.492 e. The van der Waals surface area contributed by atoms with E-state index in [1.807, 2.05) is 36.4 Å². The Morgan fingerprint density at radius 1 is 0.875 bits per heavy atom. The Morgan fingerprint density at radius 2 is 1.59 bits per heavy atom. The van der Waals surface area contributed by atoms with Crippen LogP contribution in [0.2, 0.25) is 0 Å². The Morgan fingerprint density at radius 3 is 2.38 bits per heavy atom. The van der Waals surface area contributed by atoms with Crippen molar-refractivity contribution in [3.63, 3.8) is 0 Å². The molecule has 0 amide bonds. The Balaban J connectivity index is 1.45. The Kier molecular flexibility index (Phi) is 4.30. The SMILES string of the molecule is O[C@H]1CC2(COc3cc4c(cc32)OCCO4)c2ccccc2N1Cc1cc(F)cc(F)c1. The van der Waals surface area contributed by atoms with Crippen molar-refractivity contribution >= 4 is 5.69 Å². The fourth-order valence-corrected chi connectivity index (χ4v) is 5.14. The lowest BCUT2D eigenvalue weighted by molar-refractivity contribution is 0.114. The van der Waals surface area contributed by atoms with Crippen LogP contribution in [-0.4, -0.2) is 31.2 Å². The molecule has 0 radical (unpaired) electrons. The molecular formula is C25H21F2NO4. The standard InChI is InChI=1S/C25H21F2NO4/c26-16-7-15(8-17(27)9-16)13-28-20-4-2-1-3-18(20)25(12-24(28)29)14-32-21-11-23-22(10-19(21)25)30-5-6-31-23/h1-4,7-11,24,29H,5-6,12-14H2/t24-,25?/m0/s1. The first kappa shape index (κ1) is 19.4. The lowest BCUT2D eigenvalue weighted by atomic mass is 9.70. The minimum atomic E-state index is -0.876. The highest BCUT2D eigenvalue weighted by molar-refractivity contribution is 5.68. The van der Waals surface area contributed by atoms with Crippen LogP contribution in [0.25, 0.3) is 0 Å². The number of halogens is 2. The molecule has 2 atom stereocenters. The Bertz CT molecular complexity index is 1200. The fourth-order valence-electron chi connectivity index (χ4n) is 5.14. The summed E-state index contributed by atoms with van der Waals surface area (Å²) in [5.74, 6) is 0.774. The van der Waals surface area contributed by atoms with Crippen molar-refractivity contribution in [2.75, 3.05) is 24.7 Å². The molecule has 0 fully saturated rings. The van der Waals surface area contributed by atoms with Crippen LogP contribution < -0.4 is 19.1 Å². The molecule has 0 saturated heterocycles. The van der Waals surface area contributed by atoms with Gasteiger partial charge in [-0.3, -0.25) is 0 Å². The van der Waals surface area contributed by atoms with Gasteiger partial charge in [0.15, 0.2) is 11.5 Å². The molecule has 32 heavy (non-hydrogen) atoms. The summed E-state index contributed by atoms with van der Waals surface area (Å²) in [5, 5.41) is 11.2. The summed E-state index contributed by atoms with van der Waals surface area (Å²) in [6.07, 6.45) is -0.506. The van der Waals surface area contributed by atoms with Crippen molar-refractivity contribution in [1.82, 2.24) is 0 Å². The third-order valence-corrected chi connectivity index (χ3v) is 6.53. The number of nitrogens with zero attached hydrogens (tertiary/aromatic N) is 1. The van der Waals surface area contributed by atoms with Gasteiger partial charge >= 0.3 is 0 Å². The molecule has 164 valence electrons. The maximum Gasteiger partial charge on any atom is 0.165 e. The van der Waals surface area contributed by atoms with Gasteiger partial charge in [0.2, 0.25) is 0 Å². The van der Waals surface area contributed by atoms with Crippen molar-refractivity contribution in [3.05, 3.63) is 82.9 Å². The van der Waals surface area contributed by atoms with Crippen molar-refractivity contribution in [3.8, 4) is 17.2 Å². The fraction of sp³-hybridized carbons (Fsp3) is 0.280. The van der Waals surface area contributed by atoms with Crippen LogP contribution in [0.4, 0.5) is 14.5 Å². The number of hydrogen-bond donors (Lipinski definition) is 1. The number of anilines is 1. The normalized spacial score (nSPS) is 23.0. The summed E-state index contributed by atoms with van der Waals surface area (Å²) in [6, 6.07) is 15.0. The number of ether oxygens (including phenoxy) is 3. The number of rotatable bonds is 2. The lowest BCUT2D eigenvalue weighted by Crippen LogP contribution is -2.48. The van der Waals surface area contributed by atoms with E-state index in [-0.39, 0.29) is 6.54 Å². The van der Waals surface area contributed by atoms with E-state index in [0.29, 0.717) is 43.3 Å². The number of fused-ring (bicyclic) bond motifs is 5. The summed E-state index contributed by atoms with van der Waals surface area (Å²) in [4.78, 5) is 1.78. The molecule has 3 aliphatic heterocycles. The van der Waals surface area contributed by atoms with E-state index in [4.69, 9.17) is 14.2 Å². The highest BCUT2D eigenvalue weighted by Crippen LogP contribution is 2.55. The first-order chi connectivity index (χ1) is 15.5. The molecule has 0 bridgehead atoms. The molecule has 1 N–H and O–H groups in total. The number of aliphatic hydroxyl groups is 1. The zero-order chi connectivity index (χ0) is 21.9. The molecule has 6 rings (SSSR count). The number of hydrogen-bond acceptors (Lipinski definition) is 5. The highest BCUT2D eigenvalue weighted by Gasteiger charge is 2.50. The molecule has 3 heterocycles. The predicted octanol–water partition coefficient (Wildman–Crippen LogP) is 4.14. The van der Waals surface area contributed by atoms with Gasteiger partial charge in [0.25, 0.3) is 0 Å². The summed E-state index contributed by atoms with van der Waals surface area (Å²) >= 11 is 0. The van der Waals surface area contributed by atoms with Crippen LogP contribution in [0.3, 0.4) is 0 Å². The van der Waals surface area contributed by atoms with E-state index in [1.54, 1.807) is 4.90 Å². The van der Waals surface area contributed by atoms with Crippen LogP contribution in [0, 0.1) is 11.6 Å². The summed E-state index contributed by atoms with van der Waals surface area (Å²) in [5.41, 5.74) is 2.64. The average molecular weight is 437 g/mol. The second kappa shape index (κ2) is 7.10. The second-order valence-electron chi connectivity index (χ2n) is 8.47. The highest BCUT2D eigenvalue weighted by atomic mass is 19.1. The minimum Gasteiger partial charge on any atom is -0.492 e. The van der Waals surface area contributed by atoms with E-state index in [9.17, 15) is 13.9 Å². The van der Waals surface area contributed by atoms with Crippen LogP contribution in [0.15, 0.2) is 54.6 Å². The topological polar surface area (TPSA) is 51.2 Å². The van der Waals surface area contributed by atoms with E-state index < -0.39 is 23.3 Å². The first-order valence-electron chi connectivity index (χ1n) is 10.6. The zero-order valence-corrected chi connectivity index (χ0v) is 17.2. The van der Waals surface area contributed by atoms with Gasteiger partial charge in [0, 0.05) is 36.3 Å². The Hall–Kier alpha value is -3.32. The van der Waals surface area contributed by atoms with Gasteiger partial charge in [-0.25, -0.2) is 8.78 Å². The van der Waals surface area contributed by atoms with Gasteiger partial charge in [-0.05, 0) is 35.4 Å². The summed E-state index contributed by atoms with van der Waals surface area (Å²) in [6.45, 7) is 1.53. The maximum absolute atomic E-state index is 13.8. The van der Waals surface area contributed by atoms with E-state index in [2.05, 4.69) is 0 Å². The monoisotopic (exact) mass is 437 g/mol. The van der Waals surface area contributed by atoms with Gasteiger partial charge in [0.05, 0.1) is 5.41 Å². The number of aliphatic hydroxyl groups excluding tert-OH is 1. The van der Waals surface area contributed by atoms with Gasteiger partial charge < -0.3 is 24.2 Å². The van der Waals surface area contributed by atoms with Gasteiger partial charge in [0.1, 0.15) is 43.4 Å². The third kappa shape index (κ3) is 2.92. The average Bonchev–Trinajstić information content (AvgIpc) is 3.12. The minimum absolute atomic E-state index is 0.178. The second-order valence-corrected chi connectivity index (χ2v) is 8.47. The van der Waals surface area contributed by atoms with E-state index in [1.165, 1.54) is 12.1 Å². The van der Waals surface area contributed by atoms with Gasteiger partial charge in [-0.1, -0.05) is 18.2 Å². The van der Waals surface area contributed by atoms with Gasteiger partial charge in [-0.15, -0.1) is 0 Å². The molecule has 1 unspecified atom stereocenters. The predicted molar refractivity (Wildman–Crippen MR) is 113 cm³/mol. The molecule has 0 saturated carbocycles. The van der Waals surface area contributed by atoms with Crippen LogP contribution in [0.1, 0.15) is 23.1 Å². The van der Waals surface area contributed by atoms with Crippen LogP contribution in [-0.2, 0) is 12.0 Å². The molecule has 5 nitrogen and oxygen atoms in total. The maximum atomic E-state index is 13.8. The van der Waals surface area contributed by atoms with Crippen molar-refractivity contribution in [2.24, 2.45) is 0 Å². The molecule has 3 aromatic rings. The molecule has 7 heteroatoms. The zero-order valence-electron chi connectivity index (χ0n) is 17.2. The molecule has 0 aliphatic carbocycles. The quantitative estimate of drug-likeness (QED) is 0.653. The van der Waals surface area contributed by atoms with Gasteiger partial charge in [-0.2, -0.15) is 0 Å². The molecule has 1 spiro atoms. The summed E-state index contributed by atoms with van der Waals surface area (Å²) < 4.78 is 45.1. The van der Waals surface area contributed by atoms with Crippen molar-refractivity contribution in [2.45, 2.75) is 24.6 Å². The smallest absolute Gasteiger partial charge is 0.165 e. The lowest BCUT2D eigenvalue weighted by Gasteiger charge is -2.44.